The third-order valence-electron chi connectivity index (χ3n) is 8.95. The molecule has 204 valence electrons. The van der Waals surface area contributed by atoms with Crippen LogP contribution in [-0.2, 0) is 19.1 Å². The molecule has 4 heterocycles. The SMILES string of the molecule is O=C1OCCCC/C=C\[C@@H]2S[C@]34C=CCN(C5CCCCC5)C(=O)C3N(CCCCCCO)C(=O)[C@@H]4[C@H]12. The molecular weight excluding hydrogens is 488 g/mol. The van der Waals surface area contributed by atoms with Gasteiger partial charge in [-0.15, -0.1) is 11.8 Å². The molecule has 5 atom stereocenters. The minimum absolute atomic E-state index is 0.0525. The average Bonchev–Trinajstić information content (AvgIpc) is 3.29. The predicted octanol–water partition coefficient (Wildman–Crippen LogP) is 3.85. The molecule has 5 aliphatic rings. The minimum Gasteiger partial charge on any atom is -0.465 e. The summed E-state index contributed by atoms with van der Waals surface area (Å²) in [4.78, 5) is 45.9. The number of nitrogens with zero attached hydrogens (tertiary/aromatic N) is 2. The van der Waals surface area contributed by atoms with Crippen LogP contribution < -0.4 is 0 Å². The van der Waals surface area contributed by atoms with Crippen molar-refractivity contribution in [3.63, 3.8) is 0 Å². The number of allylic oxidation sites excluding steroid dienone is 1. The van der Waals surface area contributed by atoms with Crippen molar-refractivity contribution in [1.29, 1.82) is 0 Å². The van der Waals surface area contributed by atoms with Gasteiger partial charge >= 0.3 is 5.97 Å². The van der Waals surface area contributed by atoms with Crippen molar-refractivity contribution in [3.8, 4) is 0 Å². The fraction of sp³-hybridized carbons (Fsp3) is 0.759. The van der Waals surface area contributed by atoms with Crippen molar-refractivity contribution in [2.45, 2.75) is 99.1 Å². The Labute approximate surface area is 225 Å². The van der Waals surface area contributed by atoms with Crippen LogP contribution in [0, 0.1) is 11.8 Å². The number of rotatable bonds is 7. The van der Waals surface area contributed by atoms with Gasteiger partial charge in [0.1, 0.15) is 6.04 Å². The van der Waals surface area contributed by atoms with Crippen LogP contribution in [0.4, 0.5) is 0 Å². The number of aliphatic hydroxyl groups excluding tert-OH is 1. The van der Waals surface area contributed by atoms with Crippen LogP contribution in [0.2, 0.25) is 0 Å². The Kier molecular flexibility index (Phi) is 8.64. The van der Waals surface area contributed by atoms with Crippen molar-refractivity contribution in [1.82, 2.24) is 9.80 Å². The molecule has 1 N–H and O–H groups in total. The number of carbonyl (C=O) groups excluding carboxylic acids is 3. The summed E-state index contributed by atoms with van der Waals surface area (Å²) in [6.07, 6.45) is 20.0. The van der Waals surface area contributed by atoms with Crippen LogP contribution in [0.3, 0.4) is 0 Å². The molecule has 2 saturated heterocycles. The van der Waals surface area contributed by atoms with Crippen LogP contribution in [-0.4, -0.2) is 81.1 Å². The number of amides is 2. The van der Waals surface area contributed by atoms with Gasteiger partial charge in [0, 0.05) is 31.0 Å². The highest BCUT2D eigenvalue weighted by molar-refractivity contribution is 8.02. The highest BCUT2D eigenvalue weighted by atomic mass is 32.2. The summed E-state index contributed by atoms with van der Waals surface area (Å²) < 4.78 is 4.95. The van der Waals surface area contributed by atoms with Gasteiger partial charge in [-0.05, 0) is 44.9 Å². The molecule has 1 unspecified atom stereocenters. The van der Waals surface area contributed by atoms with Crippen molar-refractivity contribution in [3.05, 3.63) is 24.3 Å². The van der Waals surface area contributed by atoms with E-state index in [2.05, 4.69) is 24.3 Å². The summed E-state index contributed by atoms with van der Waals surface area (Å²) in [5.74, 6) is -1.48. The molecule has 8 heteroatoms. The molecule has 37 heavy (non-hydrogen) atoms. The third kappa shape index (κ3) is 5.12. The molecule has 4 aliphatic heterocycles. The van der Waals surface area contributed by atoms with E-state index >= 15 is 0 Å². The summed E-state index contributed by atoms with van der Waals surface area (Å²) in [5, 5.41) is 8.97. The Bertz CT molecular complexity index is 916. The lowest BCUT2D eigenvalue weighted by Gasteiger charge is -2.39. The number of fused-ring (bicyclic) bond motifs is 2. The van der Waals surface area contributed by atoms with Crippen molar-refractivity contribution in [2.75, 3.05) is 26.3 Å². The maximum absolute atomic E-state index is 14.4. The second-order valence-corrected chi connectivity index (χ2v) is 12.8. The highest BCUT2D eigenvalue weighted by Gasteiger charge is 2.71. The van der Waals surface area contributed by atoms with Gasteiger partial charge in [0.25, 0.3) is 0 Å². The molecule has 0 aromatic carbocycles. The number of cyclic esters (lactones) is 1. The van der Waals surface area contributed by atoms with Gasteiger partial charge in [-0.1, -0.05) is 56.4 Å². The van der Waals surface area contributed by atoms with Gasteiger partial charge in [0.05, 0.1) is 23.2 Å². The highest BCUT2D eigenvalue weighted by Crippen LogP contribution is 2.60. The second kappa shape index (κ2) is 11.9. The van der Waals surface area contributed by atoms with E-state index in [0.29, 0.717) is 19.7 Å². The smallest absolute Gasteiger partial charge is 0.311 e. The maximum atomic E-state index is 14.4. The van der Waals surface area contributed by atoms with Crippen molar-refractivity contribution >= 4 is 29.5 Å². The van der Waals surface area contributed by atoms with E-state index in [1.165, 1.54) is 6.42 Å². The number of carbonyl (C=O) groups is 3. The lowest BCUT2D eigenvalue weighted by molar-refractivity contribution is -0.153. The molecule has 5 rings (SSSR count). The first kappa shape index (κ1) is 26.8. The lowest BCUT2D eigenvalue weighted by atomic mass is 9.78. The molecule has 1 spiro atoms. The summed E-state index contributed by atoms with van der Waals surface area (Å²) >= 11 is 1.64. The van der Waals surface area contributed by atoms with E-state index in [4.69, 9.17) is 9.84 Å². The monoisotopic (exact) mass is 530 g/mol. The summed E-state index contributed by atoms with van der Waals surface area (Å²) in [5.41, 5.74) is 0. The fourth-order valence-electron chi connectivity index (χ4n) is 7.14. The number of hydrogen-bond donors (Lipinski definition) is 1. The van der Waals surface area contributed by atoms with E-state index < -0.39 is 22.6 Å². The van der Waals surface area contributed by atoms with E-state index in [-0.39, 0.29) is 35.7 Å². The van der Waals surface area contributed by atoms with Crippen LogP contribution in [0.1, 0.15) is 77.0 Å². The zero-order valence-corrected chi connectivity index (χ0v) is 22.7. The normalized spacial score (nSPS) is 35.5. The van der Waals surface area contributed by atoms with E-state index in [0.717, 1.165) is 70.6 Å². The molecule has 7 nitrogen and oxygen atoms in total. The van der Waals surface area contributed by atoms with Gasteiger partial charge in [0.15, 0.2) is 0 Å². The molecule has 1 saturated carbocycles. The Morgan fingerprint density at radius 2 is 1.78 bits per heavy atom. The largest absolute Gasteiger partial charge is 0.465 e. The maximum Gasteiger partial charge on any atom is 0.311 e. The third-order valence-corrected chi connectivity index (χ3v) is 10.7. The van der Waals surface area contributed by atoms with Crippen LogP contribution in [0.25, 0.3) is 0 Å². The van der Waals surface area contributed by atoms with Crippen molar-refractivity contribution < 1.29 is 24.2 Å². The summed E-state index contributed by atoms with van der Waals surface area (Å²) in [7, 11) is 0. The topological polar surface area (TPSA) is 87.2 Å². The van der Waals surface area contributed by atoms with Crippen LogP contribution >= 0.6 is 11.8 Å². The predicted molar refractivity (Wildman–Crippen MR) is 144 cm³/mol. The summed E-state index contributed by atoms with van der Waals surface area (Å²) in [6, 6.07) is -0.370. The number of thioether (sulfide) groups is 1. The first-order valence-electron chi connectivity index (χ1n) is 14.5. The number of unbranched alkanes of at least 4 members (excludes halogenated alkanes) is 3. The number of aliphatic hydroxyl groups is 1. The Morgan fingerprint density at radius 1 is 0.973 bits per heavy atom. The summed E-state index contributed by atoms with van der Waals surface area (Å²) in [6.45, 7) is 1.64. The molecule has 2 amide bonds. The van der Waals surface area contributed by atoms with Gasteiger partial charge in [-0.25, -0.2) is 0 Å². The van der Waals surface area contributed by atoms with E-state index in [1.807, 2.05) is 9.80 Å². The Morgan fingerprint density at radius 3 is 2.59 bits per heavy atom. The Balaban J connectivity index is 1.49. The quantitative estimate of drug-likeness (QED) is 0.306. The molecule has 0 bridgehead atoms. The fourth-order valence-corrected chi connectivity index (χ4v) is 9.14. The average molecular weight is 531 g/mol. The minimum atomic E-state index is -0.755. The number of hydrogen-bond acceptors (Lipinski definition) is 6. The number of esters is 1. The Hall–Kier alpha value is -1.80. The molecule has 1 aliphatic carbocycles. The van der Waals surface area contributed by atoms with Crippen molar-refractivity contribution in [2.24, 2.45) is 11.8 Å². The van der Waals surface area contributed by atoms with Gasteiger partial charge < -0.3 is 19.6 Å². The second-order valence-electron chi connectivity index (χ2n) is 11.3. The van der Waals surface area contributed by atoms with Gasteiger partial charge in [0.2, 0.25) is 11.8 Å². The lowest BCUT2D eigenvalue weighted by Crippen LogP contribution is -2.55. The number of ether oxygens (including phenoxy) is 1. The molecule has 0 radical (unpaired) electrons. The van der Waals surface area contributed by atoms with Crippen LogP contribution in [0.5, 0.6) is 0 Å². The molecule has 0 aromatic rings. The van der Waals surface area contributed by atoms with Crippen LogP contribution in [0.15, 0.2) is 24.3 Å². The van der Waals surface area contributed by atoms with Gasteiger partial charge in [-0.3, -0.25) is 14.4 Å². The zero-order chi connectivity index (χ0) is 25.8. The molecule has 0 aromatic heterocycles. The van der Waals surface area contributed by atoms with E-state index in [1.54, 1.807) is 11.8 Å². The zero-order valence-electron chi connectivity index (χ0n) is 21.9. The molecular formula is C29H42N2O5S. The first-order valence-corrected chi connectivity index (χ1v) is 15.4. The van der Waals surface area contributed by atoms with Gasteiger partial charge in [-0.2, -0.15) is 0 Å². The van der Waals surface area contributed by atoms with E-state index in [9.17, 15) is 14.4 Å². The number of likely N-dealkylation sites (tertiary alicyclic amines) is 1. The standard InChI is InChI=1S/C29H42N2O5S/c32-19-10-3-2-9-17-31-25-27(34)30(21-13-6-5-7-14-21)18-12-16-29(25)24(26(31)33)23-22(37-29)15-8-1-4-11-20-36-28(23)35/h8,12,15-16,21-25,32H,1-7,9-11,13-14,17-20H2/b15-8-/t22-,23+,24-,25?,29-/m0/s1. The first-order chi connectivity index (χ1) is 18.1. The molecule has 3 fully saturated rings.